The average molecular weight is 260 g/mol. The Kier molecular flexibility index (Phi) is 4.03. The maximum Gasteiger partial charge on any atom is 0.407 e. The fourth-order valence-electron chi connectivity index (χ4n) is 1.94. The number of nitrogens with one attached hydrogen (secondary N) is 1. The monoisotopic (exact) mass is 260 g/mol. The van der Waals surface area contributed by atoms with Crippen LogP contribution in [-0.2, 0) is 11.3 Å². The van der Waals surface area contributed by atoms with Gasteiger partial charge in [0, 0.05) is 0 Å². The third-order valence-electron chi connectivity index (χ3n) is 3.37. The molecule has 0 unspecified atom stereocenters. The molecule has 5 nitrogen and oxygen atoms in total. The zero-order chi connectivity index (χ0) is 13.7. The van der Waals surface area contributed by atoms with Crippen LogP contribution in [0.15, 0.2) is 30.3 Å². The topological polar surface area (TPSA) is 82.4 Å². The minimum Gasteiger partial charge on any atom is -0.445 e. The summed E-state index contributed by atoms with van der Waals surface area (Å²) in [7, 11) is 0. The van der Waals surface area contributed by atoms with E-state index in [0.29, 0.717) is 12.8 Å². The van der Waals surface area contributed by atoms with Crippen LogP contribution in [-0.4, -0.2) is 23.8 Å². The van der Waals surface area contributed by atoms with Gasteiger partial charge in [-0.15, -0.1) is 0 Å². The molecule has 1 aromatic carbocycles. The second-order valence-corrected chi connectivity index (χ2v) is 4.71. The number of ether oxygens (including phenoxy) is 1. The van der Waals surface area contributed by atoms with Crippen LogP contribution in [0.5, 0.6) is 0 Å². The number of nitrogens with zero attached hydrogens (tertiary/aromatic N) is 1. The zero-order valence-corrected chi connectivity index (χ0v) is 10.5. The first-order valence-electron chi connectivity index (χ1n) is 6.19. The first-order chi connectivity index (χ1) is 9.20. The van der Waals surface area contributed by atoms with Crippen molar-refractivity contribution in [1.82, 2.24) is 5.32 Å². The number of aliphatic hydroxyl groups excluding tert-OH is 1. The van der Waals surface area contributed by atoms with E-state index in [2.05, 4.69) is 11.4 Å². The minimum absolute atomic E-state index is 0.171. The van der Waals surface area contributed by atoms with Gasteiger partial charge in [0.15, 0.2) is 0 Å². The predicted molar refractivity (Wildman–Crippen MR) is 67.9 cm³/mol. The van der Waals surface area contributed by atoms with Crippen molar-refractivity contribution in [2.24, 2.45) is 5.41 Å². The van der Waals surface area contributed by atoms with Gasteiger partial charge in [-0.05, 0) is 18.4 Å². The van der Waals surface area contributed by atoms with Gasteiger partial charge < -0.3 is 15.2 Å². The van der Waals surface area contributed by atoms with E-state index in [1.807, 2.05) is 30.3 Å². The molecule has 1 aliphatic rings. The number of carbonyl (C=O) groups is 1. The van der Waals surface area contributed by atoms with Gasteiger partial charge >= 0.3 is 6.09 Å². The van der Waals surface area contributed by atoms with Crippen molar-refractivity contribution in [1.29, 1.82) is 5.26 Å². The molecule has 1 fully saturated rings. The minimum atomic E-state index is -0.611. The molecule has 0 aromatic heterocycles. The lowest BCUT2D eigenvalue weighted by Crippen LogP contribution is -2.43. The molecule has 100 valence electrons. The summed E-state index contributed by atoms with van der Waals surface area (Å²) in [6.07, 6.45) is 0.797. The molecule has 2 N–H and O–H groups in total. The lowest BCUT2D eigenvalue weighted by atomic mass is 9.99. The number of alkyl carbamates (subject to hydrolysis) is 1. The summed E-state index contributed by atoms with van der Waals surface area (Å²) in [6.45, 7) is -0.0849. The molecule has 0 radical (unpaired) electrons. The third kappa shape index (κ3) is 3.24. The van der Waals surface area contributed by atoms with E-state index < -0.39 is 17.6 Å². The molecule has 1 saturated carbocycles. The lowest BCUT2D eigenvalue weighted by Gasteiger charge is -2.20. The van der Waals surface area contributed by atoms with Gasteiger partial charge in [-0.3, -0.25) is 0 Å². The number of nitriles is 1. The van der Waals surface area contributed by atoms with Gasteiger partial charge in [-0.1, -0.05) is 30.3 Å². The van der Waals surface area contributed by atoms with Gasteiger partial charge in [-0.25, -0.2) is 4.79 Å². The quantitative estimate of drug-likeness (QED) is 0.842. The van der Waals surface area contributed by atoms with Crippen LogP contribution in [0.25, 0.3) is 0 Å². The van der Waals surface area contributed by atoms with Crippen LogP contribution in [0, 0.1) is 16.7 Å². The smallest absolute Gasteiger partial charge is 0.407 e. The van der Waals surface area contributed by atoms with E-state index in [1.165, 1.54) is 0 Å². The number of rotatable bonds is 5. The van der Waals surface area contributed by atoms with Gasteiger partial charge in [0.25, 0.3) is 0 Å². The largest absolute Gasteiger partial charge is 0.445 e. The standard InChI is InChI=1S/C14H16N2O3/c15-10-14(6-7-14)12(8-17)16-13(18)19-9-11-4-2-1-3-5-11/h1-5,12,17H,6-9H2,(H,16,18)/t12-/m0/s1. The molecule has 0 aliphatic heterocycles. The number of aliphatic hydroxyl groups is 1. The van der Waals surface area contributed by atoms with Crippen LogP contribution in [0.2, 0.25) is 0 Å². The summed E-state index contributed by atoms with van der Waals surface area (Å²) < 4.78 is 5.06. The Hall–Kier alpha value is -2.06. The summed E-state index contributed by atoms with van der Waals surface area (Å²) >= 11 is 0. The van der Waals surface area contributed by atoms with Gasteiger partial charge in [0.05, 0.1) is 24.1 Å². The van der Waals surface area contributed by atoms with E-state index in [-0.39, 0.29) is 13.2 Å². The molecule has 1 atom stereocenters. The number of amides is 1. The van der Waals surface area contributed by atoms with E-state index in [0.717, 1.165) is 5.56 Å². The summed E-state index contributed by atoms with van der Waals surface area (Å²) in [5.41, 5.74) is 0.278. The van der Waals surface area contributed by atoms with Gasteiger partial charge in [-0.2, -0.15) is 5.26 Å². The highest BCUT2D eigenvalue weighted by molar-refractivity contribution is 5.68. The number of hydrogen-bond acceptors (Lipinski definition) is 4. The van der Waals surface area contributed by atoms with E-state index >= 15 is 0 Å². The average Bonchev–Trinajstić information content (AvgIpc) is 3.24. The van der Waals surface area contributed by atoms with Gasteiger partial charge in [0.1, 0.15) is 6.61 Å². The zero-order valence-electron chi connectivity index (χ0n) is 10.5. The Morgan fingerprint density at radius 1 is 1.47 bits per heavy atom. The molecule has 0 spiro atoms. The summed E-state index contributed by atoms with van der Waals surface area (Å²) in [4.78, 5) is 11.6. The van der Waals surface area contributed by atoms with Crippen LogP contribution in [0.1, 0.15) is 18.4 Å². The van der Waals surface area contributed by atoms with Gasteiger partial charge in [0.2, 0.25) is 0 Å². The fraction of sp³-hybridized carbons (Fsp3) is 0.429. The predicted octanol–water partition coefficient (Wildman–Crippen LogP) is 1.58. The fourth-order valence-corrected chi connectivity index (χ4v) is 1.94. The van der Waals surface area contributed by atoms with E-state index in [4.69, 9.17) is 10.00 Å². The second kappa shape index (κ2) is 5.72. The van der Waals surface area contributed by atoms with Crippen molar-refractivity contribution in [3.05, 3.63) is 35.9 Å². The molecule has 1 aliphatic carbocycles. The Morgan fingerprint density at radius 2 is 2.16 bits per heavy atom. The Labute approximate surface area is 111 Å². The van der Waals surface area contributed by atoms with Crippen molar-refractivity contribution in [2.75, 3.05) is 6.61 Å². The first kappa shape index (κ1) is 13.4. The van der Waals surface area contributed by atoms with E-state index in [9.17, 15) is 9.90 Å². The molecule has 0 bridgehead atoms. The molecular formula is C14H16N2O3. The van der Waals surface area contributed by atoms with Crippen LogP contribution < -0.4 is 5.32 Å². The van der Waals surface area contributed by atoms with Crippen molar-refractivity contribution < 1.29 is 14.6 Å². The molecule has 1 amide bonds. The summed E-state index contributed by atoms with van der Waals surface area (Å²) in [5.74, 6) is 0. The Bertz CT molecular complexity index is 477. The van der Waals surface area contributed by atoms with Crippen LogP contribution in [0.3, 0.4) is 0 Å². The SMILES string of the molecule is N#CC1([C@H](CO)NC(=O)OCc2ccccc2)CC1. The molecule has 19 heavy (non-hydrogen) atoms. The molecule has 0 saturated heterocycles. The molecule has 2 rings (SSSR count). The second-order valence-electron chi connectivity index (χ2n) is 4.71. The van der Waals surface area contributed by atoms with E-state index in [1.54, 1.807) is 0 Å². The molecule has 5 heteroatoms. The first-order valence-corrected chi connectivity index (χ1v) is 6.19. The molecular weight excluding hydrogens is 244 g/mol. The molecule has 0 heterocycles. The number of benzene rings is 1. The molecule has 1 aromatic rings. The number of carbonyl (C=O) groups excluding carboxylic acids is 1. The highest BCUT2D eigenvalue weighted by atomic mass is 16.5. The van der Waals surface area contributed by atoms with Crippen molar-refractivity contribution >= 4 is 6.09 Å². The lowest BCUT2D eigenvalue weighted by molar-refractivity contribution is 0.123. The highest BCUT2D eigenvalue weighted by Gasteiger charge is 2.50. The summed E-state index contributed by atoms with van der Waals surface area (Å²) in [6, 6.07) is 10.9. The maximum atomic E-state index is 11.6. The van der Waals surface area contributed by atoms with Crippen LogP contribution >= 0.6 is 0 Å². The van der Waals surface area contributed by atoms with Crippen molar-refractivity contribution in [3.8, 4) is 6.07 Å². The van der Waals surface area contributed by atoms with Crippen LogP contribution in [0.4, 0.5) is 4.79 Å². The normalized spacial score (nSPS) is 17.1. The Balaban J connectivity index is 1.83. The highest BCUT2D eigenvalue weighted by Crippen LogP contribution is 2.47. The Morgan fingerprint density at radius 3 is 2.68 bits per heavy atom. The third-order valence-corrected chi connectivity index (χ3v) is 3.37. The number of hydrogen-bond donors (Lipinski definition) is 2. The summed E-state index contributed by atoms with van der Waals surface area (Å²) in [5, 5.41) is 20.8. The van der Waals surface area contributed by atoms with Crippen molar-refractivity contribution in [3.63, 3.8) is 0 Å². The maximum absolute atomic E-state index is 11.6. The van der Waals surface area contributed by atoms with Crippen molar-refractivity contribution in [2.45, 2.75) is 25.5 Å².